The number of aromatic amines is 1. The molecule has 12 heteroatoms. The number of fused-ring (bicyclic) bond motifs is 1. The summed E-state index contributed by atoms with van der Waals surface area (Å²) >= 11 is 0. The highest BCUT2D eigenvalue weighted by atomic mass is 16.7. The van der Waals surface area contributed by atoms with E-state index in [2.05, 4.69) is 15.1 Å². The molecule has 2 aromatic heterocycles. The van der Waals surface area contributed by atoms with Crippen LogP contribution in [0.3, 0.4) is 0 Å². The van der Waals surface area contributed by atoms with Crippen molar-refractivity contribution >= 4 is 28.9 Å². The summed E-state index contributed by atoms with van der Waals surface area (Å²) in [5.41, 5.74) is -1.28. The van der Waals surface area contributed by atoms with Gasteiger partial charge in [-0.3, -0.25) is 4.79 Å². The summed E-state index contributed by atoms with van der Waals surface area (Å²) < 4.78 is 25.3. The van der Waals surface area contributed by atoms with Gasteiger partial charge in [-0.15, -0.1) is 0 Å². The molecule has 0 spiro atoms. The molecule has 1 aliphatic heterocycles. The normalized spacial score (nSPS) is 21.1. The maximum Gasteiger partial charge on any atom is 0.338 e. The summed E-state index contributed by atoms with van der Waals surface area (Å²) in [5.74, 6) is -2.08. The molecule has 12 nitrogen and oxygen atoms in total. The first kappa shape index (κ1) is 28.5. The molecule has 1 fully saturated rings. The van der Waals surface area contributed by atoms with E-state index in [9.17, 15) is 19.2 Å². The number of nitrogens with one attached hydrogen (secondary N) is 1. The molecule has 3 heterocycles. The molecule has 222 valence electrons. The first-order chi connectivity index (χ1) is 21.3. The van der Waals surface area contributed by atoms with Crippen molar-refractivity contribution in [3.05, 3.63) is 131 Å². The predicted octanol–water partition coefficient (Wildman–Crippen LogP) is 3.72. The number of esters is 3. The quantitative estimate of drug-likeness (QED) is 0.208. The van der Waals surface area contributed by atoms with Crippen molar-refractivity contribution in [2.45, 2.75) is 31.0 Å². The van der Waals surface area contributed by atoms with Crippen LogP contribution in [0.25, 0.3) is 11.0 Å². The number of H-pyrrole nitrogens is 1. The van der Waals surface area contributed by atoms with Gasteiger partial charge in [0.15, 0.2) is 23.6 Å². The van der Waals surface area contributed by atoms with Crippen LogP contribution < -0.4 is 5.56 Å². The number of benzene rings is 3. The topological polar surface area (TPSA) is 152 Å². The Hall–Kier alpha value is -5.62. The van der Waals surface area contributed by atoms with E-state index in [0.29, 0.717) is 5.56 Å². The fraction of sp³-hybridized carbons (Fsp3) is 0.188. The molecule has 4 atom stereocenters. The summed E-state index contributed by atoms with van der Waals surface area (Å²) in [6.45, 7) is 1.16. The number of hydrogen-bond acceptors (Lipinski definition) is 10. The number of carbonyl (C=O) groups is 3. The van der Waals surface area contributed by atoms with Crippen LogP contribution in [0.2, 0.25) is 0 Å². The second-order valence-corrected chi connectivity index (χ2v) is 10.2. The average molecular weight is 595 g/mol. The minimum absolute atomic E-state index is 0.135. The van der Waals surface area contributed by atoms with Crippen LogP contribution in [-0.4, -0.2) is 62.1 Å². The largest absolute Gasteiger partial charge is 0.459 e. The Morgan fingerprint density at radius 3 is 2.05 bits per heavy atom. The molecule has 0 radical (unpaired) electrons. The molecular weight excluding hydrogens is 568 g/mol. The third kappa shape index (κ3) is 5.45. The lowest BCUT2D eigenvalue weighted by Gasteiger charge is -2.34. The molecule has 1 aliphatic rings. The van der Waals surface area contributed by atoms with Crippen molar-refractivity contribution in [1.29, 1.82) is 0 Å². The molecular formula is C32H26N4O8. The van der Waals surface area contributed by atoms with E-state index in [1.54, 1.807) is 91.0 Å². The maximum absolute atomic E-state index is 13.5. The van der Waals surface area contributed by atoms with E-state index in [-0.39, 0.29) is 28.8 Å². The molecule has 1 saturated heterocycles. The molecule has 0 amide bonds. The van der Waals surface area contributed by atoms with Crippen LogP contribution in [-0.2, 0) is 18.9 Å². The zero-order valence-corrected chi connectivity index (χ0v) is 23.4. The van der Waals surface area contributed by atoms with Gasteiger partial charge >= 0.3 is 17.9 Å². The first-order valence-electron chi connectivity index (χ1n) is 13.7. The van der Waals surface area contributed by atoms with Crippen LogP contribution in [0.5, 0.6) is 0 Å². The van der Waals surface area contributed by atoms with Crippen LogP contribution in [0, 0.1) is 0 Å². The van der Waals surface area contributed by atoms with E-state index in [1.807, 2.05) is 0 Å². The SMILES string of the molecule is C[C@@]1(OC(=O)c2ccccc2)C(OC(=O)c2ccccc2)C(COC(=O)c2ccccc2)OC1n1ncc2c(=O)[nH]cnc21. The zero-order chi connectivity index (χ0) is 30.7. The predicted molar refractivity (Wildman–Crippen MR) is 155 cm³/mol. The molecule has 0 saturated carbocycles. The van der Waals surface area contributed by atoms with Gasteiger partial charge < -0.3 is 23.9 Å². The molecule has 1 N–H and O–H groups in total. The molecule has 3 unspecified atom stereocenters. The highest BCUT2D eigenvalue weighted by Crippen LogP contribution is 2.44. The van der Waals surface area contributed by atoms with E-state index in [4.69, 9.17) is 18.9 Å². The Bertz CT molecular complexity index is 1860. The maximum atomic E-state index is 13.5. The van der Waals surface area contributed by atoms with Gasteiger partial charge in [0.05, 0.1) is 29.2 Å². The van der Waals surface area contributed by atoms with Gasteiger partial charge in [0.1, 0.15) is 18.1 Å². The van der Waals surface area contributed by atoms with E-state index < -0.39 is 47.5 Å². The van der Waals surface area contributed by atoms with E-state index in [1.165, 1.54) is 24.1 Å². The fourth-order valence-electron chi connectivity index (χ4n) is 5.06. The van der Waals surface area contributed by atoms with Crippen molar-refractivity contribution in [2.24, 2.45) is 0 Å². The van der Waals surface area contributed by atoms with Gasteiger partial charge in [0.2, 0.25) is 0 Å². The van der Waals surface area contributed by atoms with Gasteiger partial charge in [-0.25, -0.2) is 24.0 Å². The second kappa shape index (κ2) is 11.9. The zero-order valence-electron chi connectivity index (χ0n) is 23.4. The fourth-order valence-corrected chi connectivity index (χ4v) is 5.06. The monoisotopic (exact) mass is 594 g/mol. The molecule has 0 bridgehead atoms. The lowest BCUT2D eigenvalue weighted by Crippen LogP contribution is -2.50. The van der Waals surface area contributed by atoms with Crippen molar-refractivity contribution < 1.29 is 33.3 Å². The Balaban J connectivity index is 1.42. The Kier molecular flexibility index (Phi) is 7.73. The number of aromatic nitrogens is 4. The van der Waals surface area contributed by atoms with Crippen LogP contribution in [0.15, 0.2) is 108 Å². The standard InChI is InChI=1S/C32H26N4O8/c1-32(44-30(40)22-15-9-4-10-16-22)25(43-29(39)21-13-7-3-8-14-21)24(18-41-28(38)20-11-5-2-6-12-20)42-31(32)36-26-23(17-35-36)27(37)34-19-33-26/h2-17,19,24-25,31H,18H2,1H3,(H,33,34,37)/t24?,25?,31?,32-/m1/s1. The number of carbonyl (C=O) groups excluding carboxylic acids is 3. The third-order valence-corrected chi connectivity index (χ3v) is 7.27. The molecule has 44 heavy (non-hydrogen) atoms. The smallest absolute Gasteiger partial charge is 0.338 e. The van der Waals surface area contributed by atoms with E-state index in [0.717, 1.165) is 0 Å². The van der Waals surface area contributed by atoms with Crippen molar-refractivity contribution in [3.63, 3.8) is 0 Å². The van der Waals surface area contributed by atoms with Crippen molar-refractivity contribution in [2.75, 3.05) is 6.61 Å². The van der Waals surface area contributed by atoms with Gasteiger partial charge in [0, 0.05) is 0 Å². The lowest BCUT2D eigenvalue weighted by molar-refractivity contribution is -0.112. The minimum atomic E-state index is -1.76. The Morgan fingerprint density at radius 2 is 1.43 bits per heavy atom. The van der Waals surface area contributed by atoms with Gasteiger partial charge in [-0.05, 0) is 43.3 Å². The molecule has 0 aliphatic carbocycles. The summed E-state index contributed by atoms with van der Waals surface area (Å²) in [6, 6.07) is 24.9. The Morgan fingerprint density at radius 1 is 0.864 bits per heavy atom. The minimum Gasteiger partial charge on any atom is -0.459 e. The number of ether oxygens (including phenoxy) is 4. The average Bonchev–Trinajstić information content (AvgIpc) is 3.60. The Labute approximate surface area is 250 Å². The highest BCUT2D eigenvalue weighted by Gasteiger charge is 2.61. The summed E-state index contributed by atoms with van der Waals surface area (Å²) in [7, 11) is 0. The molecule has 3 aromatic carbocycles. The van der Waals surface area contributed by atoms with Gasteiger partial charge in [-0.2, -0.15) is 5.10 Å². The highest BCUT2D eigenvalue weighted by molar-refractivity contribution is 5.91. The third-order valence-electron chi connectivity index (χ3n) is 7.27. The molecule has 5 aromatic rings. The summed E-state index contributed by atoms with van der Waals surface area (Å²) in [4.78, 5) is 59.0. The lowest BCUT2D eigenvalue weighted by atomic mass is 9.95. The second-order valence-electron chi connectivity index (χ2n) is 10.2. The van der Waals surface area contributed by atoms with Gasteiger partial charge in [0.25, 0.3) is 5.56 Å². The van der Waals surface area contributed by atoms with Crippen molar-refractivity contribution in [3.8, 4) is 0 Å². The van der Waals surface area contributed by atoms with Crippen LogP contribution in [0.1, 0.15) is 44.2 Å². The van der Waals surface area contributed by atoms with Crippen LogP contribution in [0.4, 0.5) is 0 Å². The van der Waals surface area contributed by atoms with Crippen molar-refractivity contribution in [1.82, 2.24) is 19.7 Å². The number of nitrogens with zero attached hydrogens (tertiary/aromatic N) is 3. The molecule has 6 rings (SSSR count). The first-order valence-corrected chi connectivity index (χ1v) is 13.7. The van der Waals surface area contributed by atoms with Crippen LogP contribution >= 0.6 is 0 Å². The van der Waals surface area contributed by atoms with E-state index >= 15 is 0 Å². The summed E-state index contributed by atoms with van der Waals surface area (Å²) in [5, 5.41) is 4.49. The number of rotatable bonds is 8. The number of hydrogen-bond donors (Lipinski definition) is 1. The summed E-state index contributed by atoms with van der Waals surface area (Å²) in [6.07, 6.45) is -1.20. The van der Waals surface area contributed by atoms with Gasteiger partial charge in [-0.1, -0.05) is 54.6 Å².